The summed E-state index contributed by atoms with van der Waals surface area (Å²) in [6.45, 7) is 11.2. The number of carbonyl (C=O) groups excluding carboxylic acids is 3. The van der Waals surface area contributed by atoms with Crippen LogP contribution in [0.5, 0.6) is 11.5 Å². The summed E-state index contributed by atoms with van der Waals surface area (Å²) in [5.74, 6) is -1.70. The molecule has 1 saturated carbocycles. The lowest BCUT2D eigenvalue weighted by molar-refractivity contribution is -0.168. The summed E-state index contributed by atoms with van der Waals surface area (Å²) in [6.07, 6.45) is 0.911. The Morgan fingerprint density at radius 3 is 1.98 bits per heavy atom. The molecule has 42 heavy (non-hydrogen) atoms. The molecule has 1 aromatic rings. The molecule has 2 atom stereocenters. The number of hydrogen-bond donors (Lipinski definition) is 2. The van der Waals surface area contributed by atoms with E-state index in [0.29, 0.717) is 19.3 Å². The molecule has 0 saturated heterocycles. The summed E-state index contributed by atoms with van der Waals surface area (Å²) in [5.41, 5.74) is -1.93. The molecule has 0 heterocycles. The topological polar surface area (TPSA) is 156 Å². The average Bonchev–Trinajstić information content (AvgIpc) is 2.92. The van der Waals surface area contributed by atoms with Crippen LogP contribution in [0, 0.1) is 11.8 Å². The molecule has 2 N–H and O–H groups in total. The predicted molar refractivity (Wildman–Crippen MR) is 151 cm³/mol. The Balaban J connectivity index is 2.38. The van der Waals surface area contributed by atoms with Crippen LogP contribution in [0.25, 0.3) is 0 Å². The lowest BCUT2D eigenvalue weighted by Crippen LogP contribution is -2.59. The number of ether oxygens (including phenoxy) is 6. The highest BCUT2D eigenvalue weighted by atomic mass is 16.8. The summed E-state index contributed by atoms with van der Waals surface area (Å²) in [6, 6.07) is 3.74. The van der Waals surface area contributed by atoms with Crippen LogP contribution in [0.4, 0.5) is 14.4 Å². The van der Waals surface area contributed by atoms with Crippen LogP contribution in [-0.2, 0) is 30.2 Å². The minimum atomic E-state index is -2.21. The summed E-state index contributed by atoms with van der Waals surface area (Å²) < 4.78 is 31.7. The Hall–Kier alpha value is -3.54. The van der Waals surface area contributed by atoms with Crippen molar-refractivity contribution in [1.29, 1.82) is 0 Å². The van der Waals surface area contributed by atoms with Crippen molar-refractivity contribution in [3.8, 4) is 11.5 Å². The van der Waals surface area contributed by atoms with E-state index in [-0.39, 0.29) is 60.7 Å². The number of rotatable bonds is 14. The molecule has 0 amide bonds. The Kier molecular flexibility index (Phi) is 13.9. The van der Waals surface area contributed by atoms with Crippen molar-refractivity contribution in [3.63, 3.8) is 0 Å². The average molecular weight is 596 g/mol. The molecule has 12 nitrogen and oxygen atoms in total. The van der Waals surface area contributed by atoms with Gasteiger partial charge in [-0.1, -0.05) is 47.1 Å². The number of hydrogen-bond acceptors (Lipinski definition) is 11. The van der Waals surface area contributed by atoms with E-state index in [2.05, 4.69) is 5.32 Å². The van der Waals surface area contributed by atoms with Crippen LogP contribution in [0.1, 0.15) is 85.6 Å². The molecule has 0 spiro atoms. The first-order valence-electron chi connectivity index (χ1n) is 14.6. The summed E-state index contributed by atoms with van der Waals surface area (Å²) in [4.78, 5) is 50.1. The van der Waals surface area contributed by atoms with Gasteiger partial charge in [-0.15, -0.1) is 0 Å². The zero-order valence-corrected chi connectivity index (χ0v) is 25.4. The van der Waals surface area contributed by atoms with E-state index >= 15 is 0 Å². The molecule has 1 fully saturated rings. The minimum Gasteiger partial charge on any atom is -0.477 e. The highest BCUT2D eigenvalue weighted by Gasteiger charge is 2.45. The van der Waals surface area contributed by atoms with Crippen LogP contribution in [0.15, 0.2) is 18.2 Å². The minimum absolute atomic E-state index is 0.0407. The van der Waals surface area contributed by atoms with E-state index in [1.54, 1.807) is 6.92 Å². The van der Waals surface area contributed by atoms with Crippen molar-refractivity contribution >= 4 is 24.4 Å². The van der Waals surface area contributed by atoms with E-state index in [1.165, 1.54) is 18.2 Å². The predicted octanol–water partition coefficient (Wildman–Crippen LogP) is 6.23. The summed E-state index contributed by atoms with van der Waals surface area (Å²) >= 11 is 0. The molecule has 0 radical (unpaired) electrons. The van der Waals surface area contributed by atoms with Gasteiger partial charge in [-0.25, -0.2) is 19.2 Å². The number of carbonyl (C=O) groups is 4. The van der Waals surface area contributed by atoms with Crippen molar-refractivity contribution in [2.75, 3.05) is 13.2 Å². The monoisotopic (exact) mass is 595 g/mol. The molecule has 0 aliphatic heterocycles. The number of carboxylic acid groups (broad SMARTS) is 1. The lowest BCUT2D eigenvalue weighted by Gasteiger charge is -2.33. The van der Waals surface area contributed by atoms with Gasteiger partial charge in [-0.2, -0.15) is 0 Å². The lowest BCUT2D eigenvalue weighted by atomic mass is 9.98. The fraction of sp³-hybridized carbons (Fsp3) is 0.667. The Morgan fingerprint density at radius 2 is 1.45 bits per heavy atom. The maximum atomic E-state index is 12.8. The first-order chi connectivity index (χ1) is 19.8. The maximum absolute atomic E-state index is 12.8. The van der Waals surface area contributed by atoms with Crippen LogP contribution in [-0.4, -0.2) is 60.6 Å². The van der Waals surface area contributed by atoms with Gasteiger partial charge in [-0.3, -0.25) is 5.32 Å². The quantitative estimate of drug-likeness (QED) is 0.108. The third kappa shape index (κ3) is 11.8. The first kappa shape index (κ1) is 34.7. The first-order valence-corrected chi connectivity index (χ1v) is 14.6. The largest absolute Gasteiger partial charge is 0.513 e. The third-order valence-corrected chi connectivity index (χ3v) is 6.43. The summed E-state index contributed by atoms with van der Waals surface area (Å²) in [7, 11) is 0. The number of carboxylic acids is 1. The van der Waals surface area contributed by atoms with Crippen LogP contribution in [0.3, 0.4) is 0 Å². The second-order valence-electron chi connectivity index (χ2n) is 11.4. The van der Waals surface area contributed by atoms with Gasteiger partial charge >= 0.3 is 24.4 Å². The summed E-state index contributed by atoms with van der Waals surface area (Å²) in [5, 5.41) is 13.2. The van der Waals surface area contributed by atoms with Crippen molar-refractivity contribution in [2.45, 2.75) is 104 Å². The van der Waals surface area contributed by atoms with Gasteiger partial charge in [0.15, 0.2) is 11.5 Å². The van der Waals surface area contributed by atoms with Crippen LogP contribution in [0.2, 0.25) is 0 Å². The number of nitrogens with one attached hydrogen (secondary N) is 1. The van der Waals surface area contributed by atoms with Gasteiger partial charge in [0, 0.05) is 12.5 Å². The highest BCUT2D eigenvalue weighted by molar-refractivity contribution is 5.80. The van der Waals surface area contributed by atoms with Crippen molar-refractivity contribution in [3.05, 3.63) is 23.8 Å². The molecule has 2 rings (SSSR count). The molecule has 12 heteroatoms. The molecule has 0 aromatic heterocycles. The Bertz CT molecular complexity index is 1050. The van der Waals surface area contributed by atoms with Crippen LogP contribution >= 0.6 is 0 Å². The fourth-order valence-corrected chi connectivity index (χ4v) is 4.10. The van der Waals surface area contributed by atoms with Gasteiger partial charge in [0.05, 0.1) is 13.2 Å². The molecule has 1 aliphatic rings. The van der Waals surface area contributed by atoms with E-state index in [4.69, 9.17) is 28.4 Å². The normalized spacial score (nSPS) is 15.8. The van der Waals surface area contributed by atoms with E-state index < -0.39 is 30.2 Å². The SMILES string of the molecule is CCC(C)N[C@@](Cc1ccc(OC(=O)OCC(C)C)c(OC(=O)OCC(C)C)c1)(OC(=O)OC1CCCCC1)C(=O)O. The molecular weight excluding hydrogens is 550 g/mol. The fourth-order valence-electron chi connectivity index (χ4n) is 4.10. The molecule has 236 valence electrons. The smallest absolute Gasteiger partial charge is 0.477 e. The number of aliphatic carboxylic acids is 1. The van der Waals surface area contributed by atoms with E-state index in [0.717, 1.165) is 19.3 Å². The van der Waals surface area contributed by atoms with Crippen molar-refractivity contribution in [2.24, 2.45) is 11.8 Å². The highest BCUT2D eigenvalue weighted by Crippen LogP contribution is 2.32. The Labute approximate surface area is 247 Å². The van der Waals surface area contributed by atoms with Gasteiger partial charge < -0.3 is 33.5 Å². The molecule has 1 aliphatic carbocycles. The van der Waals surface area contributed by atoms with E-state index in [9.17, 15) is 24.3 Å². The van der Waals surface area contributed by atoms with Gasteiger partial charge in [0.25, 0.3) is 5.72 Å². The van der Waals surface area contributed by atoms with Crippen molar-refractivity contribution in [1.82, 2.24) is 5.32 Å². The zero-order chi connectivity index (χ0) is 31.3. The molecule has 1 aromatic carbocycles. The third-order valence-electron chi connectivity index (χ3n) is 6.43. The number of benzene rings is 1. The standard InChI is InChI=1S/C30H45NO11/c1-7-21(6)31-30(26(32)33,42-29(36)39-23-11-9-8-10-12-23)16-22-13-14-24(40-27(34)37-17-19(2)3)25(15-22)41-28(35)38-18-20(4)5/h13-15,19-21,23,31H,7-12,16-18H2,1-6H3,(H,32,33)/t21?,30-/m0/s1. The van der Waals surface area contributed by atoms with Gasteiger partial charge in [0.1, 0.15) is 6.10 Å². The second-order valence-corrected chi connectivity index (χ2v) is 11.4. The zero-order valence-electron chi connectivity index (χ0n) is 25.4. The van der Waals surface area contributed by atoms with Gasteiger partial charge in [0.2, 0.25) is 0 Å². The second kappa shape index (κ2) is 16.8. The maximum Gasteiger partial charge on any atom is 0.513 e. The van der Waals surface area contributed by atoms with Crippen LogP contribution < -0.4 is 14.8 Å². The van der Waals surface area contributed by atoms with Crippen molar-refractivity contribution < 1.29 is 52.7 Å². The molecule has 1 unspecified atom stereocenters. The molecular formula is C30H45NO11. The van der Waals surface area contributed by atoms with E-state index in [1.807, 2.05) is 34.6 Å². The molecule has 0 bridgehead atoms. The Morgan fingerprint density at radius 1 is 0.881 bits per heavy atom. The van der Waals surface area contributed by atoms with Gasteiger partial charge in [-0.05, 0) is 68.6 Å².